The quantitative estimate of drug-likeness (QED) is 0.272. The van der Waals surface area contributed by atoms with Crippen LogP contribution in [0.2, 0.25) is 0 Å². The van der Waals surface area contributed by atoms with E-state index in [9.17, 15) is 9.90 Å². The van der Waals surface area contributed by atoms with Crippen molar-refractivity contribution in [2.24, 2.45) is 56.7 Å². The van der Waals surface area contributed by atoms with Crippen molar-refractivity contribution in [1.29, 1.82) is 0 Å². The normalized spacial score (nSPS) is 46.2. The smallest absolute Gasteiger partial charge is 0.310 e. The zero-order chi connectivity index (χ0) is 31.0. The molecule has 0 amide bonds. The number of fused-ring (bicyclic) bond motifs is 3. The van der Waals surface area contributed by atoms with E-state index >= 15 is 0 Å². The summed E-state index contributed by atoms with van der Waals surface area (Å²) in [5.74, 6) is 1.41. The number of hydrogen-bond donors (Lipinski definition) is 1. The van der Waals surface area contributed by atoms with Gasteiger partial charge in [0, 0.05) is 17.9 Å². The summed E-state index contributed by atoms with van der Waals surface area (Å²) in [7, 11) is 1.75. The van der Waals surface area contributed by atoms with Gasteiger partial charge in [-0.05, 0) is 84.0 Å². The first-order valence-corrected chi connectivity index (χ1v) is 17.0. The Balaban J connectivity index is 1.42. The van der Waals surface area contributed by atoms with E-state index < -0.39 is 6.10 Å². The Hall–Kier alpha value is -1.69. The largest absolute Gasteiger partial charge is 0.461 e. The molecule has 1 saturated heterocycles. The van der Waals surface area contributed by atoms with E-state index in [-0.39, 0.29) is 45.1 Å². The lowest BCUT2D eigenvalue weighted by Gasteiger charge is -2.71. The van der Waals surface area contributed by atoms with Crippen LogP contribution in [-0.4, -0.2) is 43.6 Å². The number of carbonyl (C=O) groups is 1. The molecule has 0 spiro atoms. The van der Waals surface area contributed by atoms with Crippen molar-refractivity contribution in [3.8, 4) is 0 Å². The van der Waals surface area contributed by atoms with Crippen molar-refractivity contribution < 1.29 is 24.1 Å². The number of aliphatic hydroxyl groups is 1. The molecular formula is C38H56O5. The molecule has 2 bridgehead atoms. The van der Waals surface area contributed by atoms with Gasteiger partial charge in [-0.15, -0.1) is 0 Å². The molecule has 5 heteroatoms. The van der Waals surface area contributed by atoms with Gasteiger partial charge in [-0.25, -0.2) is 0 Å². The van der Waals surface area contributed by atoms with Crippen LogP contribution in [0.1, 0.15) is 92.6 Å². The summed E-state index contributed by atoms with van der Waals surface area (Å²) in [6.45, 7) is 18.1. The van der Waals surface area contributed by atoms with Crippen molar-refractivity contribution in [2.45, 2.75) is 106 Å². The van der Waals surface area contributed by atoms with Crippen molar-refractivity contribution in [1.82, 2.24) is 0 Å². The van der Waals surface area contributed by atoms with Crippen LogP contribution in [0.3, 0.4) is 0 Å². The molecule has 1 unspecified atom stereocenters. The number of rotatable bonds is 6. The average Bonchev–Trinajstić information content (AvgIpc) is 2.98. The van der Waals surface area contributed by atoms with Crippen LogP contribution in [0.15, 0.2) is 42.0 Å². The molecule has 43 heavy (non-hydrogen) atoms. The number of esters is 1. The van der Waals surface area contributed by atoms with Gasteiger partial charge in [0.2, 0.25) is 0 Å². The second-order valence-corrected chi connectivity index (χ2v) is 16.5. The van der Waals surface area contributed by atoms with Crippen molar-refractivity contribution in [3.05, 3.63) is 47.5 Å². The van der Waals surface area contributed by atoms with Crippen LogP contribution < -0.4 is 0 Å². The number of ether oxygens (including phenoxy) is 3. The highest BCUT2D eigenvalue weighted by Crippen LogP contribution is 2.75. The van der Waals surface area contributed by atoms with Gasteiger partial charge < -0.3 is 19.3 Å². The molecule has 4 fully saturated rings. The number of benzene rings is 1. The van der Waals surface area contributed by atoms with Gasteiger partial charge in [-0.2, -0.15) is 0 Å². The summed E-state index contributed by atoms with van der Waals surface area (Å²) in [5.41, 5.74) is 1.72. The van der Waals surface area contributed by atoms with E-state index in [1.807, 2.05) is 30.3 Å². The highest BCUT2D eigenvalue weighted by atomic mass is 16.5. The molecule has 1 heterocycles. The van der Waals surface area contributed by atoms with Gasteiger partial charge in [0.25, 0.3) is 0 Å². The molecule has 5 aliphatic rings. The maximum Gasteiger partial charge on any atom is 0.310 e. The maximum absolute atomic E-state index is 14.5. The van der Waals surface area contributed by atoms with Crippen LogP contribution in [0.4, 0.5) is 0 Å². The Morgan fingerprint density at radius 3 is 2.42 bits per heavy atom. The third kappa shape index (κ3) is 4.30. The highest BCUT2D eigenvalue weighted by molar-refractivity contribution is 5.75. The topological polar surface area (TPSA) is 65.0 Å². The fourth-order valence-corrected chi connectivity index (χ4v) is 11.6. The van der Waals surface area contributed by atoms with Gasteiger partial charge >= 0.3 is 5.97 Å². The SMILES string of the molecule is CO[C@@H]1C[C@@]23COC[C@](C)(C2CC[C@H]2C3=CC[C@@]3(C)[C@H](C(=O)OCc4ccccc4)[C@@](C)([C@H](C)C(C)C)CC[C@]23C)[C@H]1O. The third-order valence-electron chi connectivity index (χ3n) is 14.6. The lowest BCUT2D eigenvalue weighted by molar-refractivity contribution is -0.257. The van der Waals surface area contributed by atoms with Crippen LogP contribution in [-0.2, 0) is 25.6 Å². The lowest BCUT2D eigenvalue weighted by atomic mass is 9.34. The minimum absolute atomic E-state index is 0.0233. The fourth-order valence-electron chi connectivity index (χ4n) is 11.6. The first kappa shape index (κ1) is 31.3. The summed E-state index contributed by atoms with van der Waals surface area (Å²) < 4.78 is 18.6. The third-order valence-corrected chi connectivity index (χ3v) is 14.6. The number of allylic oxidation sites excluding steroid dienone is 1. The number of carbonyl (C=O) groups excluding carboxylic acids is 1. The summed E-state index contributed by atoms with van der Waals surface area (Å²) >= 11 is 0. The zero-order valence-electron chi connectivity index (χ0n) is 27.9. The van der Waals surface area contributed by atoms with E-state index in [1.165, 1.54) is 0 Å². The van der Waals surface area contributed by atoms with Crippen molar-refractivity contribution in [3.63, 3.8) is 0 Å². The van der Waals surface area contributed by atoms with E-state index in [2.05, 4.69) is 54.5 Å². The minimum Gasteiger partial charge on any atom is -0.461 e. The summed E-state index contributed by atoms with van der Waals surface area (Å²) in [6, 6.07) is 10.1. The molecule has 238 valence electrons. The molecule has 3 saturated carbocycles. The predicted octanol–water partition coefficient (Wildman–Crippen LogP) is 7.61. The molecule has 1 aliphatic heterocycles. The number of hydrogen-bond acceptors (Lipinski definition) is 5. The molecule has 1 aromatic carbocycles. The Kier molecular flexibility index (Phi) is 7.79. The highest BCUT2D eigenvalue weighted by Gasteiger charge is 2.71. The van der Waals surface area contributed by atoms with Crippen LogP contribution in [0.5, 0.6) is 0 Å². The molecule has 6 rings (SSSR count). The molecule has 4 aliphatic carbocycles. The molecule has 11 atom stereocenters. The monoisotopic (exact) mass is 592 g/mol. The van der Waals surface area contributed by atoms with Gasteiger partial charge in [-0.1, -0.05) is 90.4 Å². The van der Waals surface area contributed by atoms with Crippen LogP contribution >= 0.6 is 0 Å². The summed E-state index contributed by atoms with van der Waals surface area (Å²) in [6.07, 6.45) is 7.84. The van der Waals surface area contributed by atoms with Gasteiger partial charge in [0.15, 0.2) is 0 Å². The maximum atomic E-state index is 14.5. The van der Waals surface area contributed by atoms with E-state index in [0.29, 0.717) is 43.5 Å². The molecule has 0 aromatic heterocycles. The fraction of sp³-hybridized carbons (Fsp3) is 0.763. The van der Waals surface area contributed by atoms with Crippen molar-refractivity contribution in [2.75, 3.05) is 20.3 Å². The first-order valence-electron chi connectivity index (χ1n) is 17.0. The van der Waals surface area contributed by atoms with Gasteiger partial charge in [0.05, 0.1) is 31.3 Å². The second-order valence-electron chi connectivity index (χ2n) is 16.5. The van der Waals surface area contributed by atoms with E-state index in [4.69, 9.17) is 14.2 Å². The Morgan fingerprint density at radius 1 is 1.02 bits per heavy atom. The lowest BCUT2D eigenvalue weighted by Crippen LogP contribution is -2.69. The van der Waals surface area contributed by atoms with Gasteiger partial charge in [-0.3, -0.25) is 4.79 Å². The standard InChI is InChI=1S/C38H56O5/c1-24(2)25(3)34(4)18-19-36(6)27-14-15-30-35(5)22-42-23-38(30,20-29(41-8)32(35)39)28(27)16-17-37(36,7)31(34)33(40)43-21-26-12-10-9-11-13-26/h9-13,16,24-25,27,29-32,39H,14-15,17-23H2,1-8H3/t25-,27+,29-,30?,31-,32+,34-,35-,36-,37+,38+/m1/s1. The van der Waals surface area contributed by atoms with E-state index in [1.54, 1.807) is 12.7 Å². The average molecular weight is 593 g/mol. The number of methoxy groups -OCH3 is 1. The second kappa shape index (κ2) is 10.7. The van der Waals surface area contributed by atoms with Gasteiger partial charge in [0.1, 0.15) is 6.61 Å². The summed E-state index contributed by atoms with van der Waals surface area (Å²) in [4.78, 5) is 14.5. The Bertz CT molecular complexity index is 1240. The zero-order valence-corrected chi connectivity index (χ0v) is 27.9. The molecule has 1 N–H and O–H groups in total. The van der Waals surface area contributed by atoms with Crippen LogP contribution in [0.25, 0.3) is 0 Å². The molecule has 1 aromatic rings. The summed E-state index contributed by atoms with van der Waals surface area (Å²) in [5, 5.41) is 11.5. The Labute approximate surface area is 260 Å². The van der Waals surface area contributed by atoms with Crippen molar-refractivity contribution >= 4 is 5.97 Å². The minimum atomic E-state index is -0.519. The van der Waals surface area contributed by atoms with E-state index in [0.717, 1.165) is 44.1 Å². The molecular weight excluding hydrogens is 536 g/mol. The molecule has 0 radical (unpaired) electrons. The molecule has 5 nitrogen and oxygen atoms in total. The Morgan fingerprint density at radius 2 is 1.74 bits per heavy atom. The van der Waals surface area contributed by atoms with Crippen LogP contribution in [0, 0.1) is 56.7 Å². The first-order chi connectivity index (χ1) is 20.3. The predicted molar refractivity (Wildman–Crippen MR) is 169 cm³/mol. The number of aliphatic hydroxyl groups excluding tert-OH is 1.